The van der Waals surface area contributed by atoms with Gasteiger partial charge in [0.15, 0.2) is 0 Å². The summed E-state index contributed by atoms with van der Waals surface area (Å²) in [5, 5.41) is 0. The molecule has 1 aliphatic carbocycles. The quantitative estimate of drug-likeness (QED) is 0.588. The van der Waals surface area contributed by atoms with Gasteiger partial charge in [-0.25, -0.2) is 4.79 Å². The van der Waals surface area contributed by atoms with Gasteiger partial charge in [-0.2, -0.15) is 0 Å². The highest BCUT2D eigenvalue weighted by molar-refractivity contribution is 5.74. The van der Waals surface area contributed by atoms with Crippen molar-refractivity contribution in [3.8, 4) is 0 Å². The highest BCUT2D eigenvalue weighted by atomic mass is 16.2. The summed E-state index contributed by atoms with van der Waals surface area (Å²) in [6, 6.07) is 0.673. The molecule has 0 radical (unpaired) electrons. The van der Waals surface area contributed by atoms with E-state index >= 15 is 0 Å². The van der Waals surface area contributed by atoms with Crippen LogP contribution in [0.1, 0.15) is 19.8 Å². The smallest absolute Gasteiger partial charge is 0.319 e. The molecular weight excluding hydrogens is 140 g/mol. The fourth-order valence-electron chi connectivity index (χ4n) is 1.02. The molecule has 1 aliphatic rings. The van der Waals surface area contributed by atoms with E-state index in [-0.39, 0.29) is 6.03 Å². The molecule has 11 heavy (non-hydrogen) atoms. The lowest BCUT2D eigenvalue weighted by atomic mass is 10.5. The minimum Gasteiger partial charge on any atom is -0.328 e. The Morgan fingerprint density at radius 3 is 2.36 bits per heavy atom. The lowest BCUT2D eigenvalue weighted by molar-refractivity contribution is 0.173. The Morgan fingerprint density at radius 1 is 1.45 bits per heavy atom. The molecule has 0 bridgehead atoms. The highest BCUT2D eigenvalue weighted by Gasteiger charge is 2.30. The Morgan fingerprint density at radius 2 is 2.00 bits per heavy atom. The molecule has 3 nitrogen and oxygen atoms in total. The second-order valence-electron chi connectivity index (χ2n) is 3.14. The van der Waals surface area contributed by atoms with Crippen molar-refractivity contribution in [3.05, 3.63) is 0 Å². The molecule has 64 valence electrons. The fourth-order valence-corrected chi connectivity index (χ4v) is 1.02. The van der Waals surface area contributed by atoms with E-state index in [4.69, 9.17) is 0 Å². The van der Waals surface area contributed by atoms with Crippen LogP contribution >= 0.6 is 0 Å². The Balaban J connectivity index is 2.38. The Kier molecular flexibility index (Phi) is 2.37. The van der Waals surface area contributed by atoms with Gasteiger partial charge in [0, 0.05) is 26.7 Å². The van der Waals surface area contributed by atoms with Crippen molar-refractivity contribution >= 4 is 6.03 Å². The van der Waals surface area contributed by atoms with E-state index < -0.39 is 0 Å². The molecule has 0 unspecified atom stereocenters. The number of carbonyl (C=O) groups excluding carboxylic acids is 1. The molecule has 1 fully saturated rings. The third-order valence-electron chi connectivity index (χ3n) is 2.20. The molecule has 0 spiro atoms. The molecule has 0 aromatic heterocycles. The summed E-state index contributed by atoms with van der Waals surface area (Å²) in [5.41, 5.74) is 0. The third-order valence-corrected chi connectivity index (χ3v) is 2.20. The van der Waals surface area contributed by atoms with Crippen LogP contribution < -0.4 is 0 Å². The molecule has 1 saturated carbocycles. The molecule has 2 amide bonds. The van der Waals surface area contributed by atoms with Crippen LogP contribution in [0, 0.1) is 0 Å². The lowest BCUT2D eigenvalue weighted by Gasteiger charge is -2.23. The van der Waals surface area contributed by atoms with Crippen molar-refractivity contribution in [3.63, 3.8) is 0 Å². The standard InChI is InChI=1S/C8H16N2O/c1-4-9(2)8(11)10(3)7-5-6-7/h7H,4-6H2,1-3H3. The molecule has 0 saturated heterocycles. The SMILES string of the molecule is CCN(C)C(=O)N(C)C1CC1. The predicted molar refractivity (Wildman–Crippen MR) is 44.5 cm³/mol. The van der Waals surface area contributed by atoms with Gasteiger partial charge in [-0.05, 0) is 19.8 Å². The van der Waals surface area contributed by atoms with Gasteiger partial charge in [-0.15, -0.1) is 0 Å². The van der Waals surface area contributed by atoms with E-state index in [2.05, 4.69) is 0 Å². The van der Waals surface area contributed by atoms with Crippen LogP contribution in [0.5, 0.6) is 0 Å². The number of hydrogen-bond acceptors (Lipinski definition) is 1. The topological polar surface area (TPSA) is 23.6 Å². The van der Waals surface area contributed by atoms with Gasteiger partial charge in [0.1, 0.15) is 0 Å². The summed E-state index contributed by atoms with van der Waals surface area (Å²) in [6.07, 6.45) is 2.36. The molecular formula is C8H16N2O. The van der Waals surface area contributed by atoms with Gasteiger partial charge in [0.25, 0.3) is 0 Å². The minimum absolute atomic E-state index is 0.148. The first-order chi connectivity index (χ1) is 5.16. The zero-order chi connectivity index (χ0) is 8.43. The van der Waals surface area contributed by atoms with Crippen molar-refractivity contribution in [2.45, 2.75) is 25.8 Å². The van der Waals surface area contributed by atoms with Crippen molar-refractivity contribution in [2.75, 3.05) is 20.6 Å². The van der Waals surface area contributed by atoms with Crippen molar-refractivity contribution in [2.24, 2.45) is 0 Å². The molecule has 0 aromatic rings. The van der Waals surface area contributed by atoms with Crippen LogP contribution in [-0.4, -0.2) is 42.5 Å². The number of nitrogens with zero attached hydrogens (tertiary/aromatic N) is 2. The molecule has 0 N–H and O–H groups in total. The van der Waals surface area contributed by atoms with Crippen LogP contribution in [0.25, 0.3) is 0 Å². The second kappa shape index (κ2) is 3.11. The van der Waals surface area contributed by atoms with E-state index in [0.29, 0.717) is 6.04 Å². The van der Waals surface area contributed by atoms with Crippen LogP contribution in [0.4, 0.5) is 4.79 Å². The molecule has 1 rings (SSSR count). The van der Waals surface area contributed by atoms with Gasteiger partial charge < -0.3 is 9.80 Å². The predicted octanol–water partition coefficient (Wildman–Crippen LogP) is 1.15. The number of hydrogen-bond donors (Lipinski definition) is 0. The first kappa shape index (κ1) is 8.37. The monoisotopic (exact) mass is 156 g/mol. The summed E-state index contributed by atoms with van der Waals surface area (Å²) >= 11 is 0. The summed E-state index contributed by atoms with van der Waals surface area (Å²) in [6.45, 7) is 2.77. The maximum Gasteiger partial charge on any atom is 0.319 e. The first-order valence-electron chi connectivity index (χ1n) is 4.14. The van der Waals surface area contributed by atoms with E-state index in [1.54, 1.807) is 4.90 Å². The molecule has 0 aromatic carbocycles. The molecule has 0 heterocycles. The number of carbonyl (C=O) groups is 1. The summed E-state index contributed by atoms with van der Waals surface area (Å²) in [7, 11) is 3.72. The van der Waals surface area contributed by atoms with E-state index in [9.17, 15) is 4.79 Å². The van der Waals surface area contributed by atoms with Crippen LogP contribution in [0.3, 0.4) is 0 Å². The Hall–Kier alpha value is -0.730. The average Bonchev–Trinajstić information content (AvgIpc) is 2.82. The number of amides is 2. The number of rotatable bonds is 2. The number of urea groups is 1. The average molecular weight is 156 g/mol. The Bertz CT molecular complexity index is 154. The van der Waals surface area contributed by atoms with Crippen molar-refractivity contribution in [1.82, 2.24) is 9.80 Å². The van der Waals surface area contributed by atoms with Gasteiger partial charge >= 0.3 is 6.03 Å². The molecule has 0 aliphatic heterocycles. The maximum absolute atomic E-state index is 11.4. The maximum atomic E-state index is 11.4. The van der Waals surface area contributed by atoms with Gasteiger partial charge in [0.05, 0.1) is 0 Å². The van der Waals surface area contributed by atoms with E-state index in [1.165, 1.54) is 12.8 Å². The van der Waals surface area contributed by atoms with Crippen molar-refractivity contribution in [1.29, 1.82) is 0 Å². The minimum atomic E-state index is 0.148. The third kappa shape index (κ3) is 1.85. The largest absolute Gasteiger partial charge is 0.328 e. The highest BCUT2D eigenvalue weighted by Crippen LogP contribution is 2.25. The van der Waals surface area contributed by atoms with E-state index in [0.717, 1.165) is 6.54 Å². The zero-order valence-corrected chi connectivity index (χ0v) is 7.50. The summed E-state index contributed by atoms with van der Waals surface area (Å²) < 4.78 is 0. The zero-order valence-electron chi connectivity index (χ0n) is 7.50. The lowest BCUT2D eigenvalue weighted by Crippen LogP contribution is -2.39. The second-order valence-corrected chi connectivity index (χ2v) is 3.14. The van der Waals surface area contributed by atoms with Gasteiger partial charge in [0.2, 0.25) is 0 Å². The van der Waals surface area contributed by atoms with Crippen LogP contribution in [0.2, 0.25) is 0 Å². The summed E-state index contributed by atoms with van der Waals surface area (Å²) in [5.74, 6) is 0. The molecule has 0 atom stereocenters. The van der Waals surface area contributed by atoms with Crippen molar-refractivity contribution < 1.29 is 4.79 Å². The Labute approximate surface area is 68.0 Å². The van der Waals surface area contributed by atoms with Crippen LogP contribution in [-0.2, 0) is 0 Å². The van der Waals surface area contributed by atoms with Gasteiger partial charge in [-0.1, -0.05) is 0 Å². The fraction of sp³-hybridized carbons (Fsp3) is 0.875. The van der Waals surface area contributed by atoms with Crippen LogP contribution in [0.15, 0.2) is 0 Å². The van der Waals surface area contributed by atoms with Gasteiger partial charge in [-0.3, -0.25) is 0 Å². The van der Waals surface area contributed by atoms with E-state index in [1.807, 2.05) is 25.9 Å². The normalized spacial score (nSPS) is 16.3. The summed E-state index contributed by atoms with van der Waals surface area (Å²) in [4.78, 5) is 15.0. The molecule has 3 heteroatoms. The first-order valence-corrected chi connectivity index (χ1v) is 4.14.